The van der Waals surface area contributed by atoms with E-state index in [1.807, 2.05) is 24.3 Å². The van der Waals surface area contributed by atoms with Crippen LogP contribution in [-0.4, -0.2) is 11.7 Å². The number of rotatable bonds is 2. The summed E-state index contributed by atoms with van der Waals surface area (Å²) in [6.45, 7) is 0. The van der Waals surface area contributed by atoms with Crippen molar-refractivity contribution in [1.82, 2.24) is 0 Å². The smallest absolute Gasteiger partial charge is 0.189 e. The van der Waals surface area contributed by atoms with Crippen LogP contribution in [0.25, 0.3) is 0 Å². The molecule has 6 N–H and O–H groups in total. The fourth-order valence-corrected chi connectivity index (χ4v) is 3.13. The number of hydrogen-bond donors (Lipinski definition) is 4. The van der Waals surface area contributed by atoms with Gasteiger partial charge < -0.3 is 11.5 Å². The normalized spacial score (nSPS) is 14.5. The first kappa shape index (κ1) is 17.8. The van der Waals surface area contributed by atoms with Crippen LogP contribution in [0.15, 0.2) is 36.4 Å². The van der Waals surface area contributed by atoms with Crippen LogP contribution >= 0.6 is 0 Å². The number of nitrogen functional groups attached to an aromatic ring is 2. The van der Waals surface area contributed by atoms with Gasteiger partial charge in [0.25, 0.3) is 0 Å². The van der Waals surface area contributed by atoms with Crippen LogP contribution < -0.4 is 21.2 Å². The molecule has 0 spiro atoms. The lowest BCUT2D eigenvalue weighted by Gasteiger charge is -2.15. The van der Waals surface area contributed by atoms with Crippen LogP contribution in [0.1, 0.15) is 47.9 Å². The van der Waals surface area contributed by atoms with Gasteiger partial charge in [0.05, 0.1) is 11.1 Å². The van der Waals surface area contributed by atoms with E-state index < -0.39 is 0 Å². The van der Waals surface area contributed by atoms with Gasteiger partial charge in [-0.25, -0.2) is 0 Å². The van der Waals surface area contributed by atoms with E-state index in [0.29, 0.717) is 22.6 Å². The lowest BCUT2D eigenvalue weighted by atomic mass is 10.0. The summed E-state index contributed by atoms with van der Waals surface area (Å²) >= 11 is 0. The molecule has 0 unspecified atom stereocenters. The van der Waals surface area contributed by atoms with Gasteiger partial charge >= 0.3 is 0 Å². The van der Waals surface area contributed by atoms with Crippen molar-refractivity contribution in [2.24, 2.45) is 11.5 Å². The second-order valence-electron chi connectivity index (χ2n) is 6.57. The largest absolute Gasteiger partial charge is 0.384 e. The third-order valence-electron chi connectivity index (χ3n) is 4.57. The molecule has 1 heterocycles. The maximum atomic E-state index is 7.74. The molecule has 6 nitrogen and oxygen atoms in total. The lowest BCUT2D eigenvalue weighted by Crippen LogP contribution is -2.17. The van der Waals surface area contributed by atoms with Crippen LogP contribution in [0, 0.1) is 10.8 Å². The highest BCUT2D eigenvalue weighted by molar-refractivity contribution is 5.98. The monoisotopic (exact) mass is 352 g/mol. The van der Waals surface area contributed by atoms with E-state index in [4.69, 9.17) is 32.1 Å². The summed E-state index contributed by atoms with van der Waals surface area (Å²) in [4.78, 5) is 11.1. The van der Waals surface area contributed by atoms with Gasteiger partial charge in [-0.05, 0) is 61.1 Å². The van der Waals surface area contributed by atoms with E-state index >= 15 is 0 Å². The minimum atomic E-state index is -0.0863. The van der Waals surface area contributed by atoms with Crippen molar-refractivity contribution in [3.63, 3.8) is 0 Å². The number of amidine groups is 2. The zero-order valence-corrected chi connectivity index (χ0v) is 14.7. The van der Waals surface area contributed by atoms with Crippen LogP contribution in [0.4, 0.5) is 0 Å². The van der Waals surface area contributed by atoms with E-state index in [0.717, 1.165) is 36.8 Å². The first-order chi connectivity index (χ1) is 12.5. The quantitative estimate of drug-likeness (QED) is 0.377. The van der Waals surface area contributed by atoms with Crippen LogP contribution in [-0.2, 0) is 12.8 Å². The molecule has 0 aromatic heterocycles. The second-order valence-corrected chi connectivity index (χ2v) is 6.57. The van der Waals surface area contributed by atoms with Gasteiger partial charge in [0.2, 0.25) is 0 Å². The molecule has 3 rings (SSSR count). The molecule has 6 heteroatoms. The van der Waals surface area contributed by atoms with Gasteiger partial charge in [-0.2, -0.15) is 0 Å². The molecule has 0 amide bonds. The molecule has 2 aromatic carbocycles. The van der Waals surface area contributed by atoms with Crippen LogP contribution in [0.2, 0.25) is 0 Å². The molecule has 0 aliphatic carbocycles. The van der Waals surface area contributed by atoms with Gasteiger partial charge in [0.1, 0.15) is 11.7 Å². The van der Waals surface area contributed by atoms with E-state index in [1.54, 1.807) is 12.1 Å². The fourth-order valence-electron chi connectivity index (χ4n) is 3.13. The van der Waals surface area contributed by atoms with Gasteiger partial charge in [-0.3, -0.25) is 20.6 Å². The molecule has 1 aliphatic rings. The number of nitrogens with one attached hydrogen (secondary N) is 2. The van der Waals surface area contributed by atoms with Gasteiger partial charge in [0, 0.05) is 0 Å². The molecule has 136 valence electrons. The highest BCUT2D eigenvalue weighted by atomic mass is 17.2. The van der Waals surface area contributed by atoms with Gasteiger partial charge in [-0.1, -0.05) is 25.0 Å². The lowest BCUT2D eigenvalue weighted by molar-refractivity contribution is -0.100. The molecule has 0 saturated carbocycles. The van der Waals surface area contributed by atoms with Crippen molar-refractivity contribution in [3.05, 3.63) is 58.7 Å². The van der Waals surface area contributed by atoms with E-state index in [2.05, 4.69) is 0 Å². The summed E-state index contributed by atoms with van der Waals surface area (Å²) in [6, 6.07) is 11.2. The van der Waals surface area contributed by atoms with E-state index in [-0.39, 0.29) is 11.7 Å². The van der Waals surface area contributed by atoms with Gasteiger partial charge in [-0.15, -0.1) is 0 Å². The topological polar surface area (TPSA) is 118 Å². The molecular weight excluding hydrogens is 328 g/mol. The molecule has 4 bridgehead atoms. The highest BCUT2D eigenvalue weighted by Gasteiger charge is 2.14. The fraction of sp³-hybridized carbons (Fsp3) is 0.300. The molecule has 0 saturated heterocycles. The third kappa shape index (κ3) is 4.14. The maximum Gasteiger partial charge on any atom is 0.189 e. The SMILES string of the molecule is N=C(N)c1ccc2cc1OOc1cc(ccc1C(=N)N)CCCCCC2. The first-order valence-electron chi connectivity index (χ1n) is 8.84. The summed E-state index contributed by atoms with van der Waals surface area (Å²) < 4.78 is 0. The average molecular weight is 352 g/mol. The number of benzene rings is 2. The third-order valence-corrected chi connectivity index (χ3v) is 4.57. The standard InChI is InChI=1S/C20H24N4O2/c21-19(22)15-9-7-13-5-3-1-2-4-6-14-8-10-16(20(23)24)18(12-14)26-25-17(15)11-13/h7-12H,1-6H2,(H3,21,22)(H3,23,24). The van der Waals surface area contributed by atoms with Crippen molar-refractivity contribution < 1.29 is 9.78 Å². The average Bonchev–Trinajstić information content (AvgIpc) is 2.62. The Morgan fingerprint density at radius 3 is 1.50 bits per heavy atom. The highest BCUT2D eigenvalue weighted by Crippen LogP contribution is 2.26. The van der Waals surface area contributed by atoms with Crippen molar-refractivity contribution in [3.8, 4) is 11.5 Å². The Bertz CT molecular complexity index is 763. The summed E-state index contributed by atoms with van der Waals surface area (Å²) in [5.41, 5.74) is 14.5. The Hall–Kier alpha value is -3.02. The molecule has 0 fully saturated rings. The molecular formula is C20H24N4O2. The number of nitrogens with two attached hydrogens (primary N) is 2. The number of fused-ring (bicyclic) bond motifs is 4. The van der Waals surface area contributed by atoms with Crippen molar-refractivity contribution in [1.29, 1.82) is 10.8 Å². The predicted octanol–water partition coefficient (Wildman–Crippen LogP) is 3.29. The summed E-state index contributed by atoms with van der Waals surface area (Å²) in [5.74, 6) is 0.618. The molecule has 0 radical (unpaired) electrons. The Balaban J connectivity index is 1.98. The van der Waals surface area contributed by atoms with Gasteiger partial charge in [0.15, 0.2) is 11.5 Å². The minimum Gasteiger partial charge on any atom is -0.384 e. The maximum absolute atomic E-state index is 7.74. The first-order valence-corrected chi connectivity index (χ1v) is 8.84. The molecule has 26 heavy (non-hydrogen) atoms. The predicted molar refractivity (Wildman–Crippen MR) is 102 cm³/mol. The molecule has 0 atom stereocenters. The second kappa shape index (κ2) is 7.91. The Morgan fingerprint density at radius 1 is 0.692 bits per heavy atom. The number of hydrogen-bond acceptors (Lipinski definition) is 4. The van der Waals surface area contributed by atoms with E-state index in [1.165, 1.54) is 12.8 Å². The van der Waals surface area contributed by atoms with Crippen LogP contribution in [0.3, 0.4) is 0 Å². The Morgan fingerprint density at radius 2 is 1.12 bits per heavy atom. The summed E-state index contributed by atoms with van der Waals surface area (Å²) in [7, 11) is 0. The Kier molecular flexibility index (Phi) is 5.41. The molecule has 2 aromatic rings. The molecule has 1 aliphatic heterocycles. The summed E-state index contributed by atoms with van der Waals surface area (Å²) in [5, 5.41) is 15.5. The Labute approximate surface area is 153 Å². The minimum absolute atomic E-state index is 0.0863. The zero-order valence-electron chi connectivity index (χ0n) is 14.7. The van der Waals surface area contributed by atoms with E-state index in [9.17, 15) is 0 Å². The van der Waals surface area contributed by atoms with Crippen molar-refractivity contribution >= 4 is 11.7 Å². The summed E-state index contributed by atoms with van der Waals surface area (Å²) in [6.07, 6.45) is 6.43. The van der Waals surface area contributed by atoms with Crippen molar-refractivity contribution in [2.45, 2.75) is 38.5 Å². The van der Waals surface area contributed by atoms with Crippen LogP contribution in [0.5, 0.6) is 11.5 Å². The number of aryl methyl sites for hydroxylation is 2. The zero-order chi connectivity index (χ0) is 18.5. The van der Waals surface area contributed by atoms with Crippen molar-refractivity contribution in [2.75, 3.05) is 0 Å².